The second kappa shape index (κ2) is 22.6. The van der Waals surface area contributed by atoms with Gasteiger partial charge in [-0.1, -0.05) is 38.5 Å². The Morgan fingerprint density at radius 3 is 1.89 bits per heavy atom. The zero-order valence-electron chi connectivity index (χ0n) is 34.7. The molecule has 0 aliphatic carbocycles. The van der Waals surface area contributed by atoms with Crippen molar-refractivity contribution in [3.05, 3.63) is 0 Å². The van der Waals surface area contributed by atoms with Crippen molar-refractivity contribution in [2.75, 3.05) is 64.9 Å². The maximum absolute atomic E-state index is 12.3. The van der Waals surface area contributed by atoms with E-state index in [1.807, 2.05) is 0 Å². The van der Waals surface area contributed by atoms with Crippen LogP contribution in [0, 0.1) is 0 Å². The molecular weight excluding hydrogens is 856 g/mol. The number of carbonyl (C=O) groups excluding carboxylic acids is 1. The molecule has 4 rings (SSSR count). The summed E-state index contributed by atoms with van der Waals surface area (Å²) >= 11 is 1.45. The average molecular weight is 925 g/mol. The molecule has 23 nitrogen and oxygen atoms in total. The predicted octanol–water partition coefficient (Wildman–Crippen LogP) is -7.14. The lowest BCUT2D eigenvalue weighted by Gasteiger charge is -2.62. The summed E-state index contributed by atoms with van der Waals surface area (Å²) in [5.41, 5.74) is -16.6. The van der Waals surface area contributed by atoms with Crippen LogP contribution in [0.15, 0.2) is 0 Å². The number of rotatable bonds is 22. The van der Waals surface area contributed by atoms with Crippen molar-refractivity contribution in [3.8, 4) is 0 Å². The number of aliphatic hydroxyl groups is 16. The summed E-state index contributed by atoms with van der Waals surface area (Å²) in [4.78, 5) is 11.2. The molecule has 4 heterocycles. The minimum Gasteiger partial charge on any atom is -0.469 e. The van der Waals surface area contributed by atoms with Crippen LogP contribution in [-0.2, 0) is 33.2 Å². The molecule has 4 aliphatic rings. The van der Waals surface area contributed by atoms with Crippen molar-refractivity contribution in [1.29, 1.82) is 0 Å². The Labute approximate surface area is 362 Å². The Morgan fingerprint density at radius 2 is 1.29 bits per heavy atom. The van der Waals surface area contributed by atoms with Gasteiger partial charge in [-0.25, -0.2) is 0 Å². The van der Waals surface area contributed by atoms with Crippen molar-refractivity contribution in [1.82, 2.24) is 0 Å². The van der Waals surface area contributed by atoms with E-state index in [0.717, 1.165) is 51.4 Å². The number of unbranched alkanes of at least 4 members (excludes halogenated alkanes) is 7. The smallest absolute Gasteiger partial charge is 0.305 e. The molecule has 0 radical (unpaired) electrons. The minimum atomic E-state index is -3.57. The monoisotopic (exact) mass is 924 g/mol. The van der Waals surface area contributed by atoms with Crippen LogP contribution in [0.4, 0.5) is 0 Å². The number of ether oxygens (including phenoxy) is 6. The number of hydrogen-bond acceptors (Lipinski definition) is 24. The zero-order valence-corrected chi connectivity index (χ0v) is 35.5. The Hall–Kier alpha value is -1.02. The molecule has 18 atom stereocenters. The van der Waals surface area contributed by atoms with E-state index in [4.69, 9.17) is 23.7 Å². The molecule has 0 spiro atoms. The Morgan fingerprint density at radius 1 is 0.694 bits per heavy atom. The van der Waals surface area contributed by atoms with Crippen LogP contribution in [0.1, 0.15) is 57.8 Å². The summed E-state index contributed by atoms with van der Waals surface area (Å²) in [7, 11) is 1.36. The average Bonchev–Trinajstić information content (AvgIpc) is 3.26. The molecule has 0 aromatic rings. The Balaban J connectivity index is 1.46. The molecule has 62 heavy (non-hydrogen) atoms. The van der Waals surface area contributed by atoms with E-state index in [2.05, 4.69) is 4.74 Å². The van der Waals surface area contributed by atoms with Gasteiger partial charge in [0.25, 0.3) is 0 Å². The van der Waals surface area contributed by atoms with Gasteiger partial charge < -0.3 is 110 Å². The topological polar surface area (TPSA) is 396 Å². The van der Waals surface area contributed by atoms with Crippen molar-refractivity contribution in [2.24, 2.45) is 0 Å². The molecule has 0 amide bonds. The molecule has 24 heteroatoms. The highest BCUT2D eigenvalue weighted by Gasteiger charge is 2.77. The van der Waals surface area contributed by atoms with E-state index in [9.17, 15) is 86.5 Å². The van der Waals surface area contributed by atoms with Gasteiger partial charge in [-0.3, -0.25) is 4.79 Å². The van der Waals surface area contributed by atoms with Crippen molar-refractivity contribution in [3.63, 3.8) is 0 Å². The molecule has 1 unspecified atom stereocenters. The van der Waals surface area contributed by atoms with Crippen molar-refractivity contribution in [2.45, 2.75) is 165 Å². The second-order valence-electron chi connectivity index (χ2n) is 16.7. The van der Waals surface area contributed by atoms with Crippen LogP contribution < -0.4 is 0 Å². The largest absolute Gasteiger partial charge is 0.469 e. The fraction of sp³-hybridized carbons (Fsp3) is 0.974. The van der Waals surface area contributed by atoms with E-state index in [0.29, 0.717) is 12.2 Å². The third-order valence-corrected chi connectivity index (χ3v) is 14.0. The molecule has 4 saturated heterocycles. The molecular formula is C38H68O23S. The van der Waals surface area contributed by atoms with Gasteiger partial charge in [0.05, 0.1) is 53.4 Å². The van der Waals surface area contributed by atoms with Crippen LogP contribution in [-0.4, -0.2) is 260 Å². The lowest BCUT2D eigenvalue weighted by Crippen LogP contribution is -2.87. The van der Waals surface area contributed by atoms with Gasteiger partial charge in [0.2, 0.25) is 0 Å². The SMILES string of the molecule is COC(=O)CCCCCCCCCCSCCO[C@H]1O[C@H](CO)[C@@H](O)[C@H](O)[C@]1(O)[C@]1(O)[C@@H](CO)OC[C@@](O)(C(O)[C@H]2OC[C@@](O)([C@@]3(O)[C@H](O)[C@@H](O)CO[C@@H]3CO)[C@@H](O)[C@@H]2O)[C@H]1O. The molecule has 4 fully saturated rings. The fourth-order valence-corrected chi connectivity index (χ4v) is 9.81. The van der Waals surface area contributed by atoms with Gasteiger partial charge >= 0.3 is 5.97 Å². The van der Waals surface area contributed by atoms with E-state index in [1.54, 1.807) is 0 Å². The zero-order chi connectivity index (χ0) is 46.3. The first-order valence-corrected chi connectivity index (χ1v) is 22.0. The van der Waals surface area contributed by atoms with E-state index in [1.165, 1.54) is 18.9 Å². The summed E-state index contributed by atoms with van der Waals surface area (Å²) < 4.78 is 32.0. The number of hydrogen-bond donors (Lipinski definition) is 16. The van der Waals surface area contributed by atoms with Crippen LogP contribution >= 0.6 is 11.8 Å². The summed E-state index contributed by atoms with van der Waals surface area (Å²) in [6, 6.07) is 0. The maximum Gasteiger partial charge on any atom is 0.305 e. The number of thioether (sulfide) groups is 1. The van der Waals surface area contributed by atoms with Gasteiger partial charge in [0, 0.05) is 12.2 Å². The summed E-state index contributed by atoms with van der Waals surface area (Å²) in [5, 5.41) is 179. The van der Waals surface area contributed by atoms with Crippen LogP contribution in [0.3, 0.4) is 0 Å². The first-order chi connectivity index (χ1) is 29.2. The van der Waals surface area contributed by atoms with E-state index < -0.39 is 147 Å². The summed E-state index contributed by atoms with van der Waals surface area (Å²) in [5.74, 6) is 0.737. The molecule has 364 valence electrons. The van der Waals surface area contributed by atoms with Gasteiger partial charge in [-0.05, 0) is 18.6 Å². The molecule has 0 bridgehead atoms. The maximum atomic E-state index is 12.3. The minimum absolute atomic E-state index is 0.217. The number of esters is 1. The highest BCUT2D eigenvalue weighted by molar-refractivity contribution is 7.99. The van der Waals surface area contributed by atoms with Gasteiger partial charge in [-0.2, -0.15) is 11.8 Å². The summed E-state index contributed by atoms with van der Waals surface area (Å²) in [6.45, 7) is -6.68. The molecule has 0 saturated carbocycles. The molecule has 16 N–H and O–H groups in total. The quantitative estimate of drug-likeness (QED) is 0.0354. The standard InChI is InChI=1S/C38H68O23S/c1-56-24(43)10-8-6-4-2-3-5-7-9-12-62-13-11-57-33-38(55,30(48)25(44)21(14-39)61-33)37(54)23(16-41)59-18-34(51,32(37)50)31(49)27-26(45)29(47)35(52,19-60-27)36(53)22(15-40)58-17-20(42)28(36)46/h20-23,25-33,39-42,44-55H,2-19H2,1H3/t20-,21+,22+,23+,25+,26+,27-,28+,29-,30-,31?,32+,33-,34+,35-,36-,37-,38+/m0/s1. The number of carbonyl (C=O) groups is 1. The lowest BCUT2D eigenvalue weighted by atomic mass is 9.61. The number of aliphatic hydroxyl groups excluding tert-OH is 11. The van der Waals surface area contributed by atoms with Gasteiger partial charge in [0.15, 0.2) is 28.7 Å². The van der Waals surface area contributed by atoms with Crippen LogP contribution in [0.25, 0.3) is 0 Å². The normalized spacial score (nSPS) is 44.5. The Kier molecular flexibility index (Phi) is 19.6. The van der Waals surface area contributed by atoms with E-state index in [-0.39, 0.29) is 18.3 Å². The predicted molar refractivity (Wildman–Crippen MR) is 209 cm³/mol. The second-order valence-corrected chi connectivity index (χ2v) is 17.9. The first kappa shape index (κ1) is 53.6. The van der Waals surface area contributed by atoms with Crippen LogP contribution in [0.2, 0.25) is 0 Å². The lowest BCUT2D eigenvalue weighted by molar-refractivity contribution is -0.427. The summed E-state index contributed by atoms with van der Waals surface area (Å²) in [6.07, 6.45) is -22.0. The van der Waals surface area contributed by atoms with Crippen LogP contribution in [0.5, 0.6) is 0 Å². The molecule has 4 aliphatic heterocycles. The first-order valence-electron chi connectivity index (χ1n) is 20.9. The van der Waals surface area contributed by atoms with E-state index >= 15 is 0 Å². The highest BCUT2D eigenvalue weighted by atomic mass is 32.2. The Bertz CT molecular complexity index is 1390. The molecule has 0 aromatic heterocycles. The fourth-order valence-electron chi connectivity index (χ4n) is 8.98. The number of methoxy groups -OCH3 is 1. The third-order valence-electron chi connectivity index (χ3n) is 12.9. The van der Waals surface area contributed by atoms with Gasteiger partial charge in [-0.15, -0.1) is 0 Å². The molecule has 0 aromatic carbocycles. The van der Waals surface area contributed by atoms with Gasteiger partial charge in [0.1, 0.15) is 78.8 Å². The highest BCUT2D eigenvalue weighted by Crippen LogP contribution is 2.50. The van der Waals surface area contributed by atoms with Crippen molar-refractivity contribution < 1.29 is 115 Å². The van der Waals surface area contributed by atoms with Crippen molar-refractivity contribution >= 4 is 17.7 Å². The third kappa shape index (κ3) is 9.98.